The summed E-state index contributed by atoms with van der Waals surface area (Å²) in [7, 11) is 0. The second kappa shape index (κ2) is 8.87. The number of amides is 1. The topological polar surface area (TPSA) is 63.6 Å². The van der Waals surface area contributed by atoms with E-state index in [1.165, 1.54) is 0 Å². The SMILES string of the molecule is CC(C)CCNC(=O)c1ccc(C(F)(F)F)n(CCN2CC3CCC(C2)O3)c1=O. The Hall–Kier alpha value is -1.87. The average Bonchev–Trinajstić information content (AvgIpc) is 2.97. The smallest absolute Gasteiger partial charge is 0.372 e. The van der Waals surface area contributed by atoms with Crippen LogP contribution >= 0.6 is 0 Å². The molecule has 1 aromatic heterocycles. The van der Waals surface area contributed by atoms with E-state index in [1.807, 2.05) is 18.7 Å². The van der Waals surface area contributed by atoms with Crippen molar-refractivity contribution < 1.29 is 22.7 Å². The van der Waals surface area contributed by atoms with E-state index >= 15 is 0 Å². The minimum atomic E-state index is -4.67. The third-order valence-electron chi connectivity index (χ3n) is 5.48. The van der Waals surface area contributed by atoms with Crippen molar-refractivity contribution in [1.82, 2.24) is 14.8 Å². The van der Waals surface area contributed by atoms with Crippen molar-refractivity contribution in [1.29, 1.82) is 0 Å². The Morgan fingerprint density at radius 1 is 1.21 bits per heavy atom. The number of pyridine rings is 1. The molecule has 3 rings (SSSR count). The van der Waals surface area contributed by atoms with Crippen LogP contribution in [0.2, 0.25) is 0 Å². The fraction of sp³-hybridized carbons (Fsp3) is 0.700. The van der Waals surface area contributed by atoms with Gasteiger partial charge >= 0.3 is 6.18 Å². The summed E-state index contributed by atoms with van der Waals surface area (Å²) in [6, 6.07) is 1.79. The molecule has 2 unspecified atom stereocenters. The number of nitrogens with zero attached hydrogens (tertiary/aromatic N) is 2. The highest BCUT2D eigenvalue weighted by Crippen LogP contribution is 2.29. The number of likely N-dealkylation sites (tertiary alicyclic amines) is 1. The van der Waals surface area contributed by atoms with E-state index in [0.717, 1.165) is 31.4 Å². The highest BCUT2D eigenvalue weighted by atomic mass is 19.4. The third kappa shape index (κ3) is 5.39. The molecule has 0 aromatic carbocycles. The Balaban J connectivity index is 1.77. The van der Waals surface area contributed by atoms with E-state index in [1.54, 1.807) is 0 Å². The summed E-state index contributed by atoms with van der Waals surface area (Å²) in [4.78, 5) is 27.1. The zero-order chi connectivity index (χ0) is 21.2. The molecule has 1 aromatic rings. The van der Waals surface area contributed by atoms with Gasteiger partial charge < -0.3 is 14.6 Å². The van der Waals surface area contributed by atoms with Crippen LogP contribution in [0.1, 0.15) is 49.2 Å². The molecule has 1 amide bonds. The van der Waals surface area contributed by atoms with Gasteiger partial charge in [0.2, 0.25) is 0 Å². The van der Waals surface area contributed by atoms with E-state index in [2.05, 4.69) is 5.32 Å². The lowest BCUT2D eigenvalue weighted by Gasteiger charge is -2.32. The van der Waals surface area contributed by atoms with Gasteiger partial charge in [0.1, 0.15) is 11.3 Å². The fourth-order valence-corrected chi connectivity index (χ4v) is 3.91. The van der Waals surface area contributed by atoms with Crippen LogP contribution in [-0.2, 0) is 17.5 Å². The molecule has 2 fully saturated rings. The molecule has 9 heteroatoms. The number of carbonyl (C=O) groups excluding carboxylic acids is 1. The molecule has 2 aliphatic heterocycles. The summed E-state index contributed by atoms with van der Waals surface area (Å²) in [5.74, 6) is -0.272. The van der Waals surface area contributed by atoms with Crippen LogP contribution in [0.5, 0.6) is 0 Å². The highest BCUT2D eigenvalue weighted by molar-refractivity contribution is 5.93. The first-order valence-corrected chi connectivity index (χ1v) is 10.1. The van der Waals surface area contributed by atoms with Crippen molar-refractivity contribution >= 4 is 5.91 Å². The van der Waals surface area contributed by atoms with Gasteiger partial charge in [-0.2, -0.15) is 13.2 Å². The molecule has 0 saturated carbocycles. The molecular weight excluding hydrogens is 387 g/mol. The van der Waals surface area contributed by atoms with Gasteiger partial charge in [-0.15, -0.1) is 0 Å². The summed E-state index contributed by atoms with van der Waals surface area (Å²) in [6.45, 7) is 5.85. The van der Waals surface area contributed by atoms with Crippen LogP contribution in [0.3, 0.4) is 0 Å². The largest absolute Gasteiger partial charge is 0.431 e. The van der Waals surface area contributed by atoms with Gasteiger partial charge in [0.05, 0.1) is 12.2 Å². The summed E-state index contributed by atoms with van der Waals surface area (Å²) in [5.41, 5.74) is -2.20. The molecule has 2 aliphatic rings. The number of hydrogen-bond donors (Lipinski definition) is 1. The van der Waals surface area contributed by atoms with Crippen LogP contribution in [0.25, 0.3) is 0 Å². The zero-order valence-corrected chi connectivity index (χ0v) is 16.8. The molecule has 0 spiro atoms. The molecular formula is C20H28F3N3O3. The van der Waals surface area contributed by atoms with Gasteiger partial charge in [-0.1, -0.05) is 13.8 Å². The molecule has 6 nitrogen and oxygen atoms in total. The number of aromatic nitrogens is 1. The van der Waals surface area contributed by atoms with Crippen LogP contribution in [0, 0.1) is 5.92 Å². The van der Waals surface area contributed by atoms with Gasteiger partial charge in [-0.3, -0.25) is 14.5 Å². The Bertz CT molecular complexity index is 779. The summed E-state index contributed by atoms with van der Waals surface area (Å²) in [5, 5.41) is 2.62. The number of alkyl halides is 3. The van der Waals surface area contributed by atoms with E-state index < -0.39 is 23.3 Å². The predicted molar refractivity (Wildman–Crippen MR) is 102 cm³/mol. The van der Waals surface area contributed by atoms with E-state index in [0.29, 0.717) is 36.7 Å². The molecule has 2 saturated heterocycles. The lowest BCUT2D eigenvalue weighted by Crippen LogP contribution is -2.45. The molecule has 2 bridgehead atoms. The number of ether oxygens (including phenoxy) is 1. The van der Waals surface area contributed by atoms with Crippen LogP contribution in [-0.4, -0.2) is 53.8 Å². The molecule has 162 valence electrons. The molecule has 0 radical (unpaired) electrons. The second-order valence-corrected chi connectivity index (χ2v) is 8.24. The average molecular weight is 415 g/mol. The highest BCUT2D eigenvalue weighted by Gasteiger charge is 2.36. The lowest BCUT2D eigenvalue weighted by atomic mass is 10.1. The molecule has 0 aliphatic carbocycles. The van der Waals surface area contributed by atoms with Crippen molar-refractivity contribution in [2.24, 2.45) is 5.92 Å². The molecule has 1 N–H and O–H groups in total. The van der Waals surface area contributed by atoms with Crippen LogP contribution in [0.4, 0.5) is 13.2 Å². The number of carbonyl (C=O) groups is 1. The number of halogens is 3. The van der Waals surface area contributed by atoms with Gasteiger partial charge in [0.25, 0.3) is 11.5 Å². The Morgan fingerprint density at radius 3 is 2.45 bits per heavy atom. The van der Waals surface area contributed by atoms with E-state index in [-0.39, 0.29) is 24.3 Å². The Labute approximate surface area is 168 Å². The van der Waals surface area contributed by atoms with Gasteiger partial charge in [0, 0.05) is 32.7 Å². The number of fused-ring (bicyclic) bond motifs is 2. The maximum atomic E-state index is 13.5. The lowest BCUT2D eigenvalue weighted by molar-refractivity contribution is -0.144. The van der Waals surface area contributed by atoms with Crippen molar-refractivity contribution in [3.05, 3.63) is 33.7 Å². The number of rotatable bonds is 7. The Morgan fingerprint density at radius 2 is 1.86 bits per heavy atom. The van der Waals surface area contributed by atoms with Crippen molar-refractivity contribution in [3.8, 4) is 0 Å². The molecule has 29 heavy (non-hydrogen) atoms. The monoisotopic (exact) mass is 415 g/mol. The van der Waals surface area contributed by atoms with Crippen molar-refractivity contribution in [2.45, 2.75) is 58.0 Å². The first-order valence-electron chi connectivity index (χ1n) is 10.1. The van der Waals surface area contributed by atoms with Gasteiger partial charge in [0.15, 0.2) is 0 Å². The van der Waals surface area contributed by atoms with Crippen molar-refractivity contribution in [3.63, 3.8) is 0 Å². The predicted octanol–water partition coefficient (Wildman–Crippen LogP) is 2.51. The maximum Gasteiger partial charge on any atom is 0.431 e. The normalized spacial score (nSPS) is 22.3. The summed E-state index contributed by atoms with van der Waals surface area (Å²) < 4.78 is 46.8. The van der Waals surface area contributed by atoms with E-state index in [9.17, 15) is 22.8 Å². The standard InChI is InChI=1S/C20H28F3N3O3/c1-13(2)7-8-24-18(27)16-5-6-17(20(21,22)23)26(19(16)28)10-9-25-11-14-3-4-15(12-25)29-14/h5-6,13-15H,3-4,7-12H2,1-2H3,(H,24,27). The summed E-state index contributed by atoms with van der Waals surface area (Å²) >= 11 is 0. The number of nitrogens with one attached hydrogen (secondary N) is 1. The molecule has 2 atom stereocenters. The maximum absolute atomic E-state index is 13.5. The number of hydrogen-bond acceptors (Lipinski definition) is 4. The third-order valence-corrected chi connectivity index (χ3v) is 5.48. The fourth-order valence-electron chi connectivity index (χ4n) is 3.91. The minimum absolute atomic E-state index is 0.116. The van der Waals surface area contributed by atoms with Crippen LogP contribution in [0.15, 0.2) is 16.9 Å². The first kappa shape index (κ1) is 21.8. The number of morpholine rings is 1. The van der Waals surface area contributed by atoms with Gasteiger partial charge in [-0.25, -0.2) is 0 Å². The quantitative estimate of drug-likeness (QED) is 0.743. The van der Waals surface area contributed by atoms with E-state index in [4.69, 9.17) is 4.74 Å². The summed E-state index contributed by atoms with van der Waals surface area (Å²) in [6.07, 6.45) is -1.80. The molecule has 3 heterocycles. The first-order chi connectivity index (χ1) is 13.6. The van der Waals surface area contributed by atoms with Crippen LogP contribution < -0.4 is 10.9 Å². The Kier molecular flexibility index (Phi) is 6.68. The zero-order valence-electron chi connectivity index (χ0n) is 16.8. The van der Waals surface area contributed by atoms with Gasteiger partial charge in [-0.05, 0) is 37.3 Å². The van der Waals surface area contributed by atoms with Crippen molar-refractivity contribution in [2.75, 3.05) is 26.2 Å². The second-order valence-electron chi connectivity index (χ2n) is 8.24. The minimum Gasteiger partial charge on any atom is -0.372 e.